The van der Waals surface area contributed by atoms with E-state index in [-0.39, 0.29) is 39.8 Å². The standard InChI is InChI=1S/C22H23N5O11/c1-37-8-3-2-6(4-7(8)29)10-11-16(23-21(35)25-18(11)32)27(17-12(10)19(33)26-22(36)24-17)13-15(31)14(30)9(5-28)38-20(13)34/h2-4,9-10,13-15,20,28-31,34H,5H2,1H3,(H2,23,25,32,35)(H2,24,26,33,36)/t9-,13-,14-,15-,20?/m1/s1. The third kappa shape index (κ3) is 3.82. The van der Waals surface area contributed by atoms with Gasteiger partial charge >= 0.3 is 11.4 Å². The fraction of sp³-hybridized carbons (Fsp3) is 0.364. The molecule has 9 N–H and O–H groups in total. The Labute approximate surface area is 210 Å². The van der Waals surface area contributed by atoms with Gasteiger partial charge in [0.25, 0.3) is 11.1 Å². The molecule has 1 unspecified atom stereocenters. The van der Waals surface area contributed by atoms with E-state index in [9.17, 15) is 44.7 Å². The second kappa shape index (κ2) is 9.26. The summed E-state index contributed by atoms with van der Waals surface area (Å²) in [7, 11) is 1.32. The Kier molecular flexibility index (Phi) is 6.20. The first-order valence-electron chi connectivity index (χ1n) is 11.3. The molecule has 202 valence electrons. The van der Waals surface area contributed by atoms with Gasteiger partial charge in [0.05, 0.1) is 30.8 Å². The highest BCUT2D eigenvalue weighted by Crippen LogP contribution is 2.46. The van der Waals surface area contributed by atoms with E-state index in [0.717, 1.165) is 4.90 Å². The minimum atomic E-state index is -1.95. The van der Waals surface area contributed by atoms with E-state index in [0.29, 0.717) is 0 Å². The number of phenols is 1. The maximum Gasteiger partial charge on any atom is 0.327 e. The van der Waals surface area contributed by atoms with Crippen molar-refractivity contribution in [1.29, 1.82) is 0 Å². The molecular formula is C22H23N5O11. The zero-order valence-electron chi connectivity index (χ0n) is 19.5. The number of fused-ring (bicyclic) bond motifs is 2. The molecule has 2 aromatic heterocycles. The summed E-state index contributed by atoms with van der Waals surface area (Å²) in [5.41, 5.74) is -4.24. The van der Waals surface area contributed by atoms with E-state index in [2.05, 4.69) is 19.9 Å². The molecule has 16 nitrogen and oxygen atoms in total. The van der Waals surface area contributed by atoms with Crippen LogP contribution in [0.2, 0.25) is 0 Å². The Hall–Kier alpha value is -4.22. The molecule has 0 aliphatic carbocycles. The van der Waals surface area contributed by atoms with Crippen LogP contribution in [0.25, 0.3) is 0 Å². The topological polar surface area (TPSA) is 254 Å². The lowest BCUT2D eigenvalue weighted by Gasteiger charge is -2.47. The molecule has 0 amide bonds. The number of aliphatic hydroxyl groups excluding tert-OH is 4. The van der Waals surface area contributed by atoms with Gasteiger partial charge in [-0.1, -0.05) is 6.07 Å². The largest absolute Gasteiger partial charge is 0.504 e. The molecule has 0 spiro atoms. The zero-order chi connectivity index (χ0) is 27.5. The number of nitrogens with one attached hydrogen (secondary N) is 4. The van der Waals surface area contributed by atoms with E-state index in [4.69, 9.17) is 9.47 Å². The molecule has 1 saturated heterocycles. The molecule has 0 saturated carbocycles. The molecule has 5 atom stereocenters. The average molecular weight is 533 g/mol. The number of H-pyrrole nitrogens is 4. The minimum absolute atomic E-state index is 0.0930. The summed E-state index contributed by atoms with van der Waals surface area (Å²) in [6.07, 6.45) is -6.95. The highest BCUT2D eigenvalue weighted by molar-refractivity contribution is 5.73. The van der Waals surface area contributed by atoms with Crippen LogP contribution in [0, 0.1) is 0 Å². The van der Waals surface area contributed by atoms with Crippen molar-refractivity contribution < 1.29 is 35.0 Å². The molecule has 2 aliphatic rings. The number of anilines is 2. The lowest BCUT2D eigenvalue weighted by molar-refractivity contribution is -0.248. The van der Waals surface area contributed by atoms with E-state index < -0.39 is 65.7 Å². The van der Waals surface area contributed by atoms with Crippen LogP contribution in [0.5, 0.6) is 11.5 Å². The van der Waals surface area contributed by atoms with Gasteiger partial charge in [0.2, 0.25) is 0 Å². The maximum atomic E-state index is 13.2. The molecule has 4 heterocycles. The van der Waals surface area contributed by atoms with Gasteiger partial charge in [-0.2, -0.15) is 0 Å². The Balaban J connectivity index is 1.84. The second-order valence-electron chi connectivity index (χ2n) is 8.79. The van der Waals surface area contributed by atoms with E-state index in [1.807, 2.05) is 0 Å². The first-order valence-corrected chi connectivity index (χ1v) is 11.3. The molecular weight excluding hydrogens is 510 g/mol. The third-order valence-corrected chi connectivity index (χ3v) is 6.68. The van der Waals surface area contributed by atoms with Gasteiger partial charge in [0.1, 0.15) is 36.0 Å². The van der Waals surface area contributed by atoms with Crippen LogP contribution in [-0.2, 0) is 4.74 Å². The summed E-state index contributed by atoms with van der Waals surface area (Å²) in [6, 6.07) is 2.37. The molecule has 1 aromatic carbocycles. The summed E-state index contributed by atoms with van der Waals surface area (Å²) in [4.78, 5) is 61.0. The molecule has 0 radical (unpaired) electrons. The molecule has 3 aromatic rings. The van der Waals surface area contributed by atoms with Crippen molar-refractivity contribution in [2.24, 2.45) is 0 Å². The Morgan fingerprint density at radius 3 is 2.00 bits per heavy atom. The lowest BCUT2D eigenvalue weighted by Crippen LogP contribution is -2.64. The van der Waals surface area contributed by atoms with Gasteiger partial charge in [-0.3, -0.25) is 29.5 Å². The third-order valence-electron chi connectivity index (χ3n) is 6.68. The average Bonchev–Trinajstić information content (AvgIpc) is 2.86. The van der Waals surface area contributed by atoms with E-state index in [1.54, 1.807) is 0 Å². The zero-order valence-corrected chi connectivity index (χ0v) is 19.5. The van der Waals surface area contributed by atoms with Crippen molar-refractivity contribution in [3.8, 4) is 11.5 Å². The van der Waals surface area contributed by atoms with Gasteiger partial charge in [0.15, 0.2) is 17.8 Å². The van der Waals surface area contributed by atoms with Gasteiger partial charge in [0, 0.05) is 0 Å². The van der Waals surface area contributed by atoms with Crippen LogP contribution in [-0.4, -0.2) is 89.8 Å². The van der Waals surface area contributed by atoms with E-state index in [1.165, 1.54) is 25.3 Å². The molecule has 0 bridgehead atoms. The van der Waals surface area contributed by atoms with Gasteiger partial charge in [-0.15, -0.1) is 0 Å². The number of methoxy groups -OCH3 is 1. The van der Waals surface area contributed by atoms with Crippen LogP contribution in [0.3, 0.4) is 0 Å². The summed E-state index contributed by atoms with van der Waals surface area (Å²) in [6.45, 7) is -0.759. The van der Waals surface area contributed by atoms with Crippen molar-refractivity contribution in [3.63, 3.8) is 0 Å². The van der Waals surface area contributed by atoms with Crippen molar-refractivity contribution >= 4 is 11.6 Å². The van der Waals surface area contributed by atoms with Crippen LogP contribution in [0.15, 0.2) is 37.4 Å². The number of hydrogen-bond acceptors (Lipinski definition) is 12. The quantitative estimate of drug-likeness (QED) is 0.159. The smallest absolute Gasteiger partial charge is 0.327 e. The van der Waals surface area contributed by atoms with Crippen molar-refractivity contribution in [2.45, 2.75) is 36.6 Å². The van der Waals surface area contributed by atoms with Crippen LogP contribution in [0.1, 0.15) is 22.6 Å². The summed E-state index contributed by atoms with van der Waals surface area (Å²) >= 11 is 0. The maximum absolute atomic E-state index is 13.2. The van der Waals surface area contributed by atoms with Crippen molar-refractivity contribution in [3.05, 3.63) is 76.6 Å². The van der Waals surface area contributed by atoms with Gasteiger partial charge < -0.3 is 39.9 Å². The number of nitrogens with zero attached hydrogens (tertiary/aromatic N) is 1. The number of aromatic nitrogens is 4. The number of benzene rings is 1. The lowest BCUT2D eigenvalue weighted by atomic mass is 9.82. The van der Waals surface area contributed by atoms with Crippen molar-refractivity contribution in [2.75, 3.05) is 18.6 Å². The number of aromatic hydroxyl groups is 1. The number of aromatic amines is 4. The number of ether oxygens (including phenoxy) is 2. The Morgan fingerprint density at radius 2 is 1.50 bits per heavy atom. The molecule has 5 rings (SSSR count). The predicted molar refractivity (Wildman–Crippen MR) is 127 cm³/mol. The monoisotopic (exact) mass is 533 g/mol. The number of rotatable bonds is 4. The van der Waals surface area contributed by atoms with Crippen LogP contribution in [0.4, 0.5) is 11.6 Å². The second-order valence-corrected chi connectivity index (χ2v) is 8.79. The number of aliphatic hydroxyl groups is 4. The first kappa shape index (κ1) is 25.4. The highest BCUT2D eigenvalue weighted by atomic mass is 16.6. The highest BCUT2D eigenvalue weighted by Gasteiger charge is 2.51. The Bertz CT molecular complexity index is 1550. The molecule has 38 heavy (non-hydrogen) atoms. The van der Waals surface area contributed by atoms with Crippen molar-refractivity contribution in [1.82, 2.24) is 19.9 Å². The molecule has 2 aliphatic heterocycles. The fourth-order valence-corrected chi connectivity index (χ4v) is 5.02. The van der Waals surface area contributed by atoms with Gasteiger partial charge in [-0.25, -0.2) is 9.59 Å². The summed E-state index contributed by atoms with van der Waals surface area (Å²) < 4.78 is 10.3. The summed E-state index contributed by atoms with van der Waals surface area (Å²) in [5.74, 6) is -2.20. The first-order chi connectivity index (χ1) is 18.1. The number of hydrogen-bond donors (Lipinski definition) is 9. The van der Waals surface area contributed by atoms with Gasteiger partial charge in [-0.05, 0) is 17.7 Å². The minimum Gasteiger partial charge on any atom is -0.504 e. The number of phenolic OH excluding ortho intramolecular Hbond substituents is 1. The molecule has 1 fully saturated rings. The normalized spacial score (nSPS) is 25.1. The predicted octanol–water partition coefficient (Wildman–Crippen LogP) is -3.41. The van der Waals surface area contributed by atoms with Crippen LogP contribution >= 0.6 is 0 Å². The fourth-order valence-electron chi connectivity index (χ4n) is 5.02. The van der Waals surface area contributed by atoms with E-state index >= 15 is 0 Å². The van der Waals surface area contributed by atoms with Crippen LogP contribution < -0.4 is 32.1 Å². The molecule has 16 heteroatoms. The summed E-state index contributed by atoms with van der Waals surface area (Å²) in [5, 5.41) is 52.0. The Morgan fingerprint density at radius 1 is 0.921 bits per heavy atom. The SMILES string of the molecule is COc1ccc(C2c3c([nH]c(=O)[nH]c3=O)N([C@H]3C(O)O[C@H](CO)[C@@H](O)[C@@H]3O)c3[nH]c(=O)[nH]c(=O)c32)cc1O.